The molecule has 0 radical (unpaired) electrons. The number of rotatable bonds is 7. The van der Waals surface area contributed by atoms with Gasteiger partial charge in [-0.25, -0.2) is 0 Å². The van der Waals surface area contributed by atoms with Crippen LogP contribution in [0, 0.1) is 5.92 Å². The molecule has 0 aliphatic carbocycles. The maximum absolute atomic E-state index is 3.83. The van der Waals surface area contributed by atoms with E-state index in [0.717, 1.165) is 19.6 Å². The molecule has 0 saturated carbocycles. The van der Waals surface area contributed by atoms with E-state index >= 15 is 0 Å². The summed E-state index contributed by atoms with van der Waals surface area (Å²) < 4.78 is 0. The Morgan fingerprint density at radius 1 is 1.46 bits per heavy atom. The lowest BCUT2D eigenvalue weighted by molar-refractivity contribution is 0.219. The van der Waals surface area contributed by atoms with Crippen LogP contribution in [0.15, 0.2) is 12.7 Å². The third-order valence-electron chi connectivity index (χ3n) is 2.42. The Balaban J connectivity index is 3.88. The van der Waals surface area contributed by atoms with Gasteiger partial charge in [-0.05, 0) is 33.0 Å². The first-order valence-electron chi connectivity index (χ1n) is 5.16. The van der Waals surface area contributed by atoms with Crippen molar-refractivity contribution < 1.29 is 0 Å². The van der Waals surface area contributed by atoms with Crippen molar-refractivity contribution in [2.45, 2.75) is 26.8 Å². The maximum atomic E-state index is 3.83. The van der Waals surface area contributed by atoms with Gasteiger partial charge in [0.05, 0.1) is 0 Å². The van der Waals surface area contributed by atoms with Crippen LogP contribution in [0.25, 0.3) is 0 Å². The molecule has 2 unspecified atom stereocenters. The Kier molecular flexibility index (Phi) is 6.92. The van der Waals surface area contributed by atoms with Crippen LogP contribution < -0.4 is 5.32 Å². The van der Waals surface area contributed by atoms with E-state index in [4.69, 9.17) is 0 Å². The maximum Gasteiger partial charge on any atom is 0.0247 e. The largest absolute Gasteiger partial charge is 0.319 e. The molecule has 0 aromatic carbocycles. The van der Waals surface area contributed by atoms with Crippen LogP contribution in [0.3, 0.4) is 0 Å². The van der Waals surface area contributed by atoms with Gasteiger partial charge in [-0.15, -0.1) is 6.58 Å². The van der Waals surface area contributed by atoms with Crippen LogP contribution in [-0.4, -0.2) is 37.6 Å². The summed E-state index contributed by atoms with van der Waals surface area (Å²) in [4.78, 5) is 2.44. The average Bonchev–Trinajstić information content (AvgIpc) is 2.13. The van der Waals surface area contributed by atoms with Gasteiger partial charge in [0.25, 0.3) is 0 Å². The Hall–Kier alpha value is -0.340. The standard InChI is InChI=1S/C11H24N2/c1-6-11(4)13(7-2)9-10(3)8-12-5/h6,10-12H,1,7-9H2,2-5H3. The van der Waals surface area contributed by atoms with E-state index in [0.29, 0.717) is 12.0 Å². The monoisotopic (exact) mass is 184 g/mol. The van der Waals surface area contributed by atoms with Crippen molar-refractivity contribution in [1.29, 1.82) is 0 Å². The summed E-state index contributed by atoms with van der Waals surface area (Å²) in [5.41, 5.74) is 0. The van der Waals surface area contributed by atoms with Gasteiger partial charge < -0.3 is 5.32 Å². The lowest BCUT2D eigenvalue weighted by Gasteiger charge is -2.28. The molecule has 0 aliphatic rings. The fourth-order valence-electron chi connectivity index (χ4n) is 1.55. The van der Waals surface area contributed by atoms with Crippen molar-refractivity contribution in [3.05, 3.63) is 12.7 Å². The number of hydrogen-bond acceptors (Lipinski definition) is 2. The van der Waals surface area contributed by atoms with Crippen LogP contribution in [0.1, 0.15) is 20.8 Å². The minimum absolute atomic E-state index is 0.490. The molecule has 2 heteroatoms. The summed E-state index contributed by atoms with van der Waals surface area (Å²) in [5.74, 6) is 0.701. The predicted molar refractivity (Wildman–Crippen MR) is 60.0 cm³/mol. The second kappa shape index (κ2) is 7.10. The molecule has 0 aromatic rings. The number of nitrogens with zero attached hydrogens (tertiary/aromatic N) is 1. The van der Waals surface area contributed by atoms with Gasteiger partial charge in [0.1, 0.15) is 0 Å². The fraction of sp³-hybridized carbons (Fsp3) is 0.818. The zero-order chi connectivity index (χ0) is 10.3. The molecule has 2 nitrogen and oxygen atoms in total. The normalized spacial score (nSPS) is 15.8. The molecule has 2 atom stereocenters. The zero-order valence-corrected chi connectivity index (χ0v) is 9.51. The van der Waals surface area contributed by atoms with Gasteiger partial charge in [-0.1, -0.05) is 19.9 Å². The lowest BCUT2D eigenvalue weighted by Crippen LogP contribution is -2.37. The summed E-state index contributed by atoms with van der Waals surface area (Å²) in [6.07, 6.45) is 2.01. The Morgan fingerprint density at radius 3 is 2.46 bits per heavy atom. The van der Waals surface area contributed by atoms with Crippen LogP contribution in [-0.2, 0) is 0 Å². The minimum Gasteiger partial charge on any atom is -0.319 e. The zero-order valence-electron chi connectivity index (χ0n) is 9.51. The highest BCUT2D eigenvalue weighted by Gasteiger charge is 2.11. The van der Waals surface area contributed by atoms with Crippen LogP contribution in [0.2, 0.25) is 0 Å². The molecule has 0 aromatic heterocycles. The van der Waals surface area contributed by atoms with E-state index in [1.165, 1.54) is 0 Å². The molecule has 0 spiro atoms. The molecule has 0 heterocycles. The second-order valence-electron chi connectivity index (χ2n) is 3.73. The summed E-state index contributed by atoms with van der Waals surface area (Å²) in [7, 11) is 2.00. The molecule has 1 N–H and O–H groups in total. The van der Waals surface area contributed by atoms with E-state index in [1.54, 1.807) is 0 Å². The molecular weight excluding hydrogens is 160 g/mol. The van der Waals surface area contributed by atoms with Crippen molar-refractivity contribution in [2.24, 2.45) is 5.92 Å². The van der Waals surface area contributed by atoms with E-state index in [9.17, 15) is 0 Å². The first-order valence-corrected chi connectivity index (χ1v) is 5.16. The molecule has 0 bridgehead atoms. The lowest BCUT2D eigenvalue weighted by atomic mass is 10.1. The molecule has 0 aliphatic heterocycles. The average molecular weight is 184 g/mol. The van der Waals surface area contributed by atoms with Gasteiger partial charge in [0.2, 0.25) is 0 Å². The van der Waals surface area contributed by atoms with Crippen LogP contribution in [0.5, 0.6) is 0 Å². The summed E-state index contributed by atoms with van der Waals surface area (Å²) in [6, 6.07) is 0.490. The van der Waals surface area contributed by atoms with Crippen LogP contribution in [0.4, 0.5) is 0 Å². The molecule has 0 rings (SSSR count). The van der Waals surface area contributed by atoms with Crippen molar-refractivity contribution in [2.75, 3.05) is 26.7 Å². The molecule has 13 heavy (non-hydrogen) atoms. The predicted octanol–water partition coefficient (Wildman–Crippen LogP) is 1.74. The van der Waals surface area contributed by atoms with E-state index in [-0.39, 0.29) is 0 Å². The number of likely N-dealkylation sites (N-methyl/N-ethyl adjacent to an activating group) is 1. The molecule has 0 amide bonds. The second-order valence-corrected chi connectivity index (χ2v) is 3.73. The minimum atomic E-state index is 0.490. The molecular formula is C11H24N2. The Bertz CT molecular complexity index is 134. The highest BCUT2D eigenvalue weighted by molar-refractivity contribution is 4.84. The Morgan fingerprint density at radius 2 is 2.08 bits per heavy atom. The summed E-state index contributed by atoms with van der Waals surface area (Å²) in [5, 5.41) is 3.20. The topological polar surface area (TPSA) is 15.3 Å². The van der Waals surface area contributed by atoms with Crippen molar-refractivity contribution >= 4 is 0 Å². The summed E-state index contributed by atoms with van der Waals surface area (Å²) in [6.45, 7) is 13.8. The smallest absolute Gasteiger partial charge is 0.0247 e. The third-order valence-corrected chi connectivity index (χ3v) is 2.42. The fourth-order valence-corrected chi connectivity index (χ4v) is 1.55. The quantitative estimate of drug-likeness (QED) is 0.606. The van der Waals surface area contributed by atoms with Crippen molar-refractivity contribution in [3.63, 3.8) is 0 Å². The van der Waals surface area contributed by atoms with Crippen molar-refractivity contribution in [1.82, 2.24) is 10.2 Å². The van der Waals surface area contributed by atoms with Gasteiger partial charge >= 0.3 is 0 Å². The van der Waals surface area contributed by atoms with Gasteiger partial charge in [-0.3, -0.25) is 4.90 Å². The van der Waals surface area contributed by atoms with Crippen molar-refractivity contribution in [3.8, 4) is 0 Å². The summed E-state index contributed by atoms with van der Waals surface area (Å²) >= 11 is 0. The van der Waals surface area contributed by atoms with E-state index in [2.05, 4.69) is 37.6 Å². The van der Waals surface area contributed by atoms with Crippen LogP contribution >= 0.6 is 0 Å². The number of hydrogen-bond donors (Lipinski definition) is 1. The highest BCUT2D eigenvalue weighted by Crippen LogP contribution is 2.04. The third kappa shape index (κ3) is 5.06. The first-order chi connectivity index (χ1) is 6.15. The SMILES string of the molecule is C=CC(C)N(CC)CC(C)CNC. The number of nitrogens with one attached hydrogen (secondary N) is 1. The molecule has 0 fully saturated rings. The van der Waals surface area contributed by atoms with E-state index < -0.39 is 0 Å². The highest BCUT2D eigenvalue weighted by atomic mass is 15.1. The first kappa shape index (κ1) is 12.7. The molecule has 0 saturated heterocycles. The van der Waals surface area contributed by atoms with Gasteiger partial charge in [-0.2, -0.15) is 0 Å². The van der Waals surface area contributed by atoms with Gasteiger partial charge in [0.15, 0.2) is 0 Å². The van der Waals surface area contributed by atoms with E-state index in [1.807, 2.05) is 13.1 Å². The van der Waals surface area contributed by atoms with Gasteiger partial charge in [0, 0.05) is 12.6 Å². The molecule has 78 valence electrons. The Labute approximate surface area is 83.0 Å².